The van der Waals surface area contributed by atoms with Crippen LogP contribution in [0.2, 0.25) is 0 Å². The molecule has 4 aromatic carbocycles. The van der Waals surface area contributed by atoms with Crippen LogP contribution in [0.4, 0.5) is 28.4 Å². The molecule has 178 valence electrons. The predicted molar refractivity (Wildman–Crippen MR) is 134 cm³/mol. The lowest BCUT2D eigenvalue weighted by Crippen LogP contribution is -2.00. The molecular weight excluding hydrogens is 464 g/mol. The Morgan fingerprint density at radius 3 is 2.50 bits per heavy atom. The van der Waals surface area contributed by atoms with Crippen molar-refractivity contribution in [2.24, 2.45) is 10.2 Å². The molecule has 5 aromatic rings. The third-order valence-corrected chi connectivity index (χ3v) is 5.76. The molecule has 1 heterocycles. The van der Waals surface area contributed by atoms with E-state index in [1.807, 2.05) is 36.4 Å². The number of benzene rings is 4. The first-order valence-corrected chi connectivity index (χ1v) is 10.8. The Kier molecular flexibility index (Phi) is 5.74. The molecule has 0 amide bonds. The molecule has 0 aliphatic heterocycles. The van der Waals surface area contributed by atoms with E-state index in [9.17, 15) is 20.2 Å². The molecular formula is C24H18N8O4. The van der Waals surface area contributed by atoms with Crippen LogP contribution in [0.25, 0.3) is 21.8 Å². The van der Waals surface area contributed by atoms with E-state index in [1.165, 1.54) is 6.92 Å². The van der Waals surface area contributed by atoms with Crippen LogP contribution in [0.15, 0.2) is 77.0 Å². The Labute approximate surface area is 203 Å². The van der Waals surface area contributed by atoms with Crippen molar-refractivity contribution in [2.75, 3.05) is 5.32 Å². The van der Waals surface area contributed by atoms with Gasteiger partial charge in [0.1, 0.15) is 22.4 Å². The summed E-state index contributed by atoms with van der Waals surface area (Å²) in [6, 6.07) is 19.8. The Bertz CT molecular complexity index is 1680. The zero-order valence-corrected chi connectivity index (χ0v) is 18.9. The van der Waals surface area contributed by atoms with Crippen LogP contribution >= 0.6 is 0 Å². The molecule has 0 aliphatic rings. The Morgan fingerprint density at radius 2 is 1.72 bits per heavy atom. The molecule has 12 nitrogen and oxygen atoms in total. The number of aromatic amines is 1. The second kappa shape index (κ2) is 9.18. The Morgan fingerprint density at radius 1 is 0.917 bits per heavy atom. The third-order valence-electron chi connectivity index (χ3n) is 5.76. The number of non-ortho nitro benzene ring substituents is 1. The standard InChI is InChI=1S/C24H18N8O4/c1-14-21(11-18(31(33)34)12-22(14)32(35)36)26-28-23-19(8-9-20-24(23)29-30-27-20)25-13-15-6-7-16-4-2-3-5-17(16)10-15/h2-12,25H,13H2,1H3,(H,27,29,30). The maximum absolute atomic E-state index is 11.4. The number of hydrogen-bond acceptors (Lipinski definition) is 9. The first-order valence-electron chi connectivity index (χ1n) is 10.8. The molecule has 0 saturated carbocycles. The largest absolute Gasteiger partial charge is 0.379 e. The van der Waals surface area contributed by atoms with Crippen molar-refractivity contribution in [3.05, 3.63) is 98.1 Å². The van der Waals surface area contributed by atoms with Crippen molar-refractivity contribution in [1.82, 2.24) is 15.4 Å². The average molecular weight is 482 g/mol. The molecule has 1 aromatic heterocycles. The highest BCUT2D eigenvalue weighted by molar-refractivity contribution is 5.93. The van der Waals surface area contributed by atoms with Crippen molar-refractivity contribution >= 4 is 50.2 Å². The summed E-state index contributed by atoms with van der Waals surface area (Å²) in [6.07, 6.45) is 0. The lowest BCUT2D eigenvalue weighted by Gasteiger charge is -2.10. The number of nitro benzene ring substituents is 2. The second-order valence-corrected chi connectivity index (χ2v) is 8.01. The van der Waals surface area contributed by atoms with Crippen LogP contribution in [0.1, 0.15) is 11.1 Å². The molecule has 0 aliphatic carbocycles. The molecule has 0 atom stereocenters. The minimum absolute atomic E-state index is 0.0110. The lowest BCUT2D eigenvalue weighted by atomic mass is 10.1. The molecule has 0 fully saturated rings. The van der Waals surface area contributed by atoms with Gasteiger partial charge in [-0.05, 0) is 41.5 Å². The number of nitrogens with zero attached hydrogens (tertiary/aromatic N) is 6. The summed E-state index contributed by atoms with van der Waals surface area (Å²) in [5.74, 6) is 0. The third kappa shape index (κ3) is 4.30. The van der Waals surface area contributed by atoms with E-state index in [0.717, 1.165) is 28.5 Å². The molecule has 0 unspecified atom stereocenters. The Hall–Kier alpha value is -5.26. The van der Waals surface area contributed by atoms with E-state index >= 15 is 0 Å². The monoisotopic (exact) mass is 482 g/mol. The normalized spacial score (nSPS) is 11.4. The van der Waals surface area contributed by atoms with Gasteiger partial charge in [0.25, 0.3) is 11.4 Å². The molecule has 12 heteroatoms. The molecule has 2 N–H and O–H groups in total. The molecule has 0 spiro atoms. The number of anilines is 1. The van der Waals surface area contributed by atoms with Gasteiger partial charge < -0.3 is 5.32 Å². The maximum Gasteiger partial charge on any atom is 0.281 e. The van der Waals surface area contributed by atoms with Crippen LogP contribution in [0.3, 0.4) is 0 Å². The van der Waals surface area contributed by atoms with Gasteiger partial charge in [0.05, 0.1) is 27.2 Å². The SMILES string of the molecule is Cc1c(N=Nc2c(NCc3ccc4ccccc4c3)ccc3n[nH]nc23)cc([N+](=O)[O-])cc1[N+](=O)[O-]. The van der Waals surface area contributed by atoms with Crippen molar-refractivity contribution in [2.45, 2.75) is 13.5 Å². The fourth-order valence-corrected chi connectivity index (χ4v) is 3.86. The zero-order valence-electron chi connectivity index (χ0n) is 18.9. The molecule has 0 saturated heterocycles. The second-order valence-electron chi connectivity index (χ2n) is 8.01. The van der Waals surface area contributed by atoms with Crippen molar-refractivity contribution in [1.29, 1.82) is 0 Å². The summed E-state index contributed by atoms with van der Waals surface area (Å²) in [7, 11) is 0. The number of H-pyrrole nitrogens is 1. The van der Waals surface area contributed by atoms with Crippen molar-refractivity contribution in [3.63, 3.8) is 0 Å². The first-order chi connectivity index (χ1) is 17.4. The van der Waals surface area contributed by atoms with Crippen LogP contribution in [-0.2, 0) is 6.54 Å². The summed E-state index contributed by atoms with van der Waals surface area (Å²) < 4.78 is 0. The van der Waals surface area contributed by atoms with Gasteiger partial charge in [-0.15, -0.1) is 10.2 Å². The number of azo groups is 1. The van der Waals surface area contributed by atoms with Gasteiger partial charge in [-0.3, -0.25) is 20.2 Å². The van der Waals surface area contributed by atoms with Gasteiger partial charge in [-0.2, -0.15) is 15.4 Å². The fourth-order valence-electron chi connectivity index (χ4n) is 3.86. The van der Waals surface area contributed by atoms with E-state index in [2.05, 4.69) is 37.0 Å². The maximum atomic E-state index is 11.4. The summed E-state index contributed by atoms with van der Waals surface area (Å²) in [4.78, 5) is 21.3. The molecule has 0 bridgehead atoms. The van der Waals surface area contributed by atoms with E-state index in [1.54, 1.807) is 12.1 Å². The number of nitro groups is 2. The highest BCUT2D eigenvalue weighted by atomic mass is 16.6. The number of rotatable bonds is 7. The molecule has 5 rings (SSSR count). The van der Waals surface area contributed by atoms with Crippen LogP contribution in [0, 0.1) is 27.2 Å². The van der Waals surface area contributed by atoms with Gasteiger partial charge in [-0.25, -0.2) is 0 Å². The number of aromatic nitrogens is 3. The van der Waals surface area contributed by atoms with Gasteiger partial charge in [0, 0.05) is 12.6 Å². The van der Waals surface area contributed by atoms with Gasteiger partial charge in [0.2, 0.25) is 0 Å². The van der Waals surface area contributed by atoms with Crippen LogP contribution in [0.5, 0.6) is 0 Å². The summed E-state index contributed by atoms with van der Waals surface area (Å²) in [6.45, 7) is 1.95. The van der Waals surface area contributed by atoms with Gasteiger partial charge in [0.15, 0.2) is 0 Å². The molecule has 0 radical (unpaired) electrons. The first kappa shape index (κ1) is 22.5. The van der Waals surface area contributed by atoms with Crippen LogP contribution in [-0.4, -0.2) is 25.3 Å². The number of fused-ring (bicyclic) bond motifs is 2. The van der Waals surface area contributed by atoms with E-state index in [4.69, 9.17) is 0 Å². The zero-order chi connectivity index (χ0) is 25.2. The minimum Gasteiger partial charge on any atom is -0.379 e. The highest BCUT2D eigenvalue weighted by Gasteiger charge is 2.22. The summed E-state index contributed by atoms with van der Waals surface area (Å²) in [5, 5.41) is 47.5. The lowest BCUT2D eigenvalue weighted by molar-refractivity contribution is -0.394. The Balaban J connectivity index is 1.52. The summed E-state index contributed by atoms with van der Waals surface area (Å²) >= 11 is 0. The van der Waals surface area contributed by atoms with E-state index in [-0.39, 0.29) is 11.3 Å². The highest BCUT2D eigenvalue weighted by Crippen LogP contribution is 2.37. The quantitative estimate of drug-likeness (QED) is 0.157. The van der Waals surface area contributed by atoms with Gasteiger partial charge >= 0.3 is 0 Å². The van der Waals surface area contributed by atoms with Crippen LogP contribution < -0.4 is 5.32 Å². The predicted octanol–water partition coefficient (Wildman–Crippen LogP) is 6.26. The molecule has 36 heavy (non-hydrogen) atoms. The summed E-state index contributed by atoms with van der Waals surface area (Å²) in [5.41, 5.74) is 2.28. The topological polar surface area (TPSA) is 165 Å². The van der Waals surface area contributed by atoms with E-state index in [0.29, 0.717) is 29.0 Å². The van der Waals surface area contributed by atoms with Gasteiger partial charge in [-0.1, -0.05) is 36.4 Å². The average Bonchev–Trinajstić information content (AvgIpc) is 3.35. The van der Waals surface area contributed by atoms with Crippen molar-refractivity contribution < 1.29 is 9.85 Å². The van der Waals surface area contributed by atoms with Crippen molar-refractivity contribution in [3.8, 4) is 0 Å². The minimum atomic E-state index is -0.708. The van der Waals surface area contributed by atoms with E-state index < -0.39 is 21.2 Å². The number of nitrogens with one attached hydrogen (secondary N) is 2. The fraction of sp³-hybridized carbons (Fsp3) is 0.0833. The smallest absolute Gasteiger partial charge is 0.281 e. The number of hydrogen-bond donors (Lipinski definition) is 2.